The van der Waals surface area contributed by atoms with Gasteiger partial charge in [0, 0.05) is 11.0 Å². The second-order valence-corrected chi connectivity index (χ2v) is 8.16. The maximum absolute atomic E-state index is 12.7. The number of benzene rings is 1. The highest BCUT2D eigenvalue weighted by atomic mass is 79.9. The minimum atomic E-state index is -0.0112. The van der Waals surface area contributed by atoms with Crippen molar-refractivity contribution >= 4 is 60.8 Å². The van der Waals surface area contributed by atoms with Gasteiger partial charge in [0.2, 0.25) is 5.13 Å². The van der Waals surface area contributed by atoms with Crippen molar-refractivity contribution in [2.24, 2.45) is 4.99 Å². The van der Waals surface area contributed by atoms with Crippen molar-refractivity contribution in [3.8, 4) is 0 Å². The number of hydrogen-bond acceptors (Lipinski definition) is 6. The fourth-order valence-electron chi connectivity index (χ4n) is 2.24. The molecule has 3 rings (SSSR count). The molecule has 1 fully saturated rings. The Labute approximate surface area is 157 Å². The van der Waals surface area contributed by atoms with Crippen LogP contribution in [0.5, 0.6) is 0 Å². The van der Waals surface area contributed by atoms with Gasteiger partial charge in [-0.25, -0.2) is 0 Å². The molecule has 1 amide bonds. The molecule has 1 saturated heterocycles. The van der Waals surface area contributed by atoms with Gasteiger partial charge in [-0.15, -0.1) is 10.2 Å². The second-order valence-electron chi connectivity index (χ2n) is 5.11. The van der Waals surface area contributed by atoms with E-state index < -0.39 is 0 Å². The van der Waals surface area contributed by atoms with Gasteiger partial charge in [0.15, 0.2) is 5.17 Å². The molecule has 2 aromatic rings. The van der Waals surface area contributed by atoms with E-state index in [4.69, 9.17) is 0 Å². The summed E-state index contributed by atoms with van der Waals surface area (Å²) in [7, 11) is 0. The first-order valence-electron chi connectivity index (χ1n) is 7.35. The summed E-state index contributed by atoms with van der Waals surface area (Å²) in [5.74, 6) is -0.0112. The number of hydrogen-bond donors (Lipinski definition) is 0. The molecule has 0 radical (unpaired) electrons. The maximum Gasteiger partial charge on any atom is 0.267 e. The quantitative estimate of drug-likeness (QED) is 0.676. The van der Waals surface area contributed by atoms with Gasteiger partial charge >= 0.3 is 0 Å². The molecule has 0 spiro atoms. The van der Waals surface area contributed by atoms with Crippen LogP contribution in [0.3, 0.4) is 0 Å². The molecule has 1 aromatic carbocycles. The second kappa shape index (κ2) is 7.16. The Morgan fingerprint density at radius 2 is 2.00 bits per heavy atom. The average Bonchev–Trinajstić information content (AvgIpc) is 3.11. The van der Waals surface area contributed by atoms with Gasteiger partial charge < -0.3 is 0 Å². The first-order valence-corrected chi connectivity index (χ1v) is 9.77. The highest BCUT2D eigenvalue weighted by Gasteiger charge is 2.34. The molecular weight excluding hydrogens is 408 g/mol. The van der Waals surface area contributed by atoms with Crippen molar-refractivity contribution in [3.05, 3.63) is 44.2 Å². The standard InChI is InChI=1S/C16H15BrN4OS2/c1-4-21-14(22)13(9(2)11-5-7-12(17)8-6-11)24-16(21)18-15-20-19-10(3)23-15/h5-8H,4H2,1-3H3/b13-9-,18-16+. The molecule has 1 aliphatic heterocycles. The molecule has 0 bridgehead atoms. The van der Waals surface area contributed by atoms with Crippen molar-refractivity contribution in [2.75, 3.05) is 6.54 Å². The largest absolute Gasteiger partial charge is 0.287 e. The zero-order valence-corrected chi connectivity index (χ0v) is 16.6. The Morgan fingerprint density at radius 3 is 2.58 bits per heavy atom. The lowest BCUT2D eigenvalue weighted by Gasteiger charge is -2.11. The van der Waals surface area contributed by atoms with Crippen LogP contribution in [0.1, 0.15) is 24.4 Å². The van der Waals surface area contributed by atoms with Crippen LogP contribution >= 0.6 is 39.0 Å². The van der Waals surface area contributed by atoms with Gasteiger partial charge in [-0.2, -0.15) is 4.99 Å². The molecule has 8 heteroatoms. The van der Waals surface area contributed by atoms with E-state index in [1.165, 1.54) is 23.1 Å². The van der Waals surface area contributed by atoms with Crippen molar-refractivity contribution in [3.63, 3.8) is 0 Å². The smallest absolute Gasteiger partial charge is 0.267 e. The number of thioether (sulfide) groups is 1. The molecule has 124 valence electrons. The van der Waals surface area contributed by atoms with Gasteiger partial charge in [-0.05, 0) is 55.8 Å². The third-order valence-electron chi connectivity index (χ3n) is 3.50. The lowest BCUT2D eigenvalue weighted by Crippen LogP contribution is -2.28. The Hall–Kier alpha value is -1.51. The molecule has 0 atom stereocenters. The van der Waals surface area contributed by atoms with E-state index in [0.717, 1.165) is 20.6 Å². The topological polar surface area (TPSA) is 58.5 Å². The number of rotatable bonds is 3. The lowest BCUT2D eigenvalue weighted by molar-refractivity contribution is -0.122. The first kappa shape index (κ1) is 17.3. The van der Waals surface area contributed by atoms with E-state index >= 15 is 0 Å². The first-order chi connectivity index (χ1) is 11.5. The van der Waals surface area contributed by atoms with Gasteiger partial charge in [0.1, 0.15) is 5.01 Å². The van der Waals surface area contributed by atoms with Gasteiger partial charge in [0.25, 0.3) is 5.91 Å². The number of aromatic nitrogens is 2. The van der Waals surface area contributed by atoms with E-state index in [1.807, 2.05) is 45.0 Å². The summed E-state index contributed by atoms with van der Waals surface area (Å²) in [6, 6.07) is 7.94. The Morgan fingerprint density at radius 1 is 1.29 bits per heavy atom. The zero-order chi connectivity index (χ0) is 17.3. The number of carbonyl (C=O) groups excluding carboxylic acids is 1. The van der Waals surface area contributed by atoms with Crippen LogP contribution in [0.2, 0.25) is 0 Å². The van der Waals surface area contributed by atoms with E-state index in [2.05, 4.69) is 31.1 Å². The van der Waals surface area contributed by atoms with Crippen LogP contribution < -0.4 is 0 Å². The summed E-state index contributed by atoms with van der Waals surface area (Å²) in [6.45, 7) is 6.36. The summed E-state index contributed by atoms with van der Waals surface area (Å²) in [4.78, 5) is 19.6. The number of amidine groups is 1. The number of amides is 1. The number of aryl methyl sites for hydroxylation is 1. The monoisotopic (exact) mass is 422 g/mol. The number of nitrogens with zero attached hydrogens (tertiary/aromatic N) is 4. The fraction of sp³-hybridized carbons (Fsp3) is 0.250. The molecule has 1 aromatic heterocycles. The van der Waals surface area contributed by atoms with Crippen LogP contribution in [0, 0.1) is 6.92 Å². The van der Waals surface area contributed by atoms with E-state index in [-0.39, 0.29) is 5.91 Å². The molecule has 0 saturated carbocycles. The summed E-state index contributed by atoms with van der Waals surface area (Å²) in [5.41, 5.74) is 1.98. The molecular formula is C16H15BrN4OS2. The van der Waals surface area contributed by atoms with Crippen molar-refractivity contribution < 1.29 is 4.79 Å². The Bertz CT molecular complexity index is 842. The third kappa shape index (κ3) is 3.45. The van der Waals surface area contributed by atoms with Gasteiger partial charge in [-0.3, -0.25) is 9.69 Å². The fourth-order valence-corrected chi connectivity index (χ4v) is 4.23. The molecule has 5 nitrogen and oxygen atoms in total. The van der Waals surface area contributed by atoms with Crippen molar-refractivity contribution in [1.82, 2.24) is 15.1 Å². The maximum atomic E-state index is 12.7. The van der Waals surface area contributed by atoms with Crippen LogP contribution in [-0.4, -0.2) is 32.7 Å². The highest BCUT2D eigenvalue weighted by Crippen LogP contribution is 2.38. The molecule has 0 unspecified atom stereocenters. The summed E-state index contributed by atoms with van der Waals surface area (Å²) in [6.07, 6.45) is 0. The minimum absolute atomic E-state index is 0.0112. The number of aliphatic imine (C=N–C) groups is 1. The number of likely N-dealkylation sites (N-methyl/N-ethyl adjacent to an activating group) is 1. The van der Waals surface area contributed by atoms with Crippen molar-refractivity contribution in [2.45, 2.75) is 20.8 Å². The Balaban J connectivity index is 1.98. The predicted octanol–water partition coefficient (Wildman–Crippen LogP) is 4.62. The summed E-state index contributed by atoms with van der Waals surface area (Å²) >= 11 is 6.24. The summed E-state index contributed by atoms with van der Waals surface area (Å²) in [5, 5.41) is 10.1. The molecule has 2 heterocycles. The normalized spacial score (nSPS) is 18.6. The van der Waals surface area contributed by atoms with E-state index in [1.54, 1.807) is 4.90 Å². The van der Waals surface area contributed by atoms with E-state index in [9.17, 15) is 4.79 Å². The number of allylic oxidation sites excluding steroid dienone is 1. The predicted molar refractivity (Wildman–Crippen MR) is 103 cm³/mol. The van der Waals surface area contributed by atoms with Crippen molar-refractivity contribution in [1.29, 1.82) is 0 Å². The summed E-state index contributed by atoms with van der Waals surface area (Å²) < 4.78 is 1.01. The molecule has 1 aliphatic rings. The number of carbonyl (C=O) groups is 1. The van der Waals surface area contributed by atoms with Gasteiger partial charge in [0.05, 0.1) is 4.91 Å². The SMILES string of the molecule is CCN1C(=O)/C(=C(\C)c2ccc(Br)cc2)S/C1=N/c1nnc(C)s1. The number of halogens is 1. The zero-order valence-electron chi connectivity index (χ0n) is 13.4. The van der Waals surface area contributed by atoms with Crippen LogP contribution in [0.25, 0.3) is 5.57 Å². The lowest BCUT2D eigenvalue weighted by atomic mass is 10.1. The minimum Gasteiger partial charge on any atom is -0.287 e. The van der Waals surface area contributed by atoms with Crippen LogP contribution in [-0.2, 0) is 4.79 Å². The van der Waals surface area contributed by atoms with E-state index in [0.29, 0.717) is 21.7 Å². The van der Waals surface area contributed by atoms with Gasteiger partial charge in [-0.1, -0.05) is 39.4 Å². The average molecular weight is 423 g/mol. The Kier molecular flexibility index (Phi) is 5.17. The molecule has 24 heavy (non-hydrogen) atoms. The third-order valence-corrected chi connectivity index (χ3v) is 5.94. The highest BCUT2D eigenvalue weighted by molar-refractivity contribution is 9.10. The van der Waals surface area contributed by atoms with Crippen LogP contribution in [0.15, 0.2) is 38.6 Å². The van der Waals surface area contributed by atoms with Crippen LogP contribution in [0.4, 0.5) is 5.13 Å². The molecule has 0 N–H and O–H groups in total. The molecule has 0 aliphatic carbocycles.